The Morgan fingerprint density at radius 1 is 1.14 bits per heavy atom. The topological polar surface area (TPSA) is 111 Å². The van der Waals surface area contributed by atoms with Crippen LogP contribution in [0.15, 0.2) is 47.3 Å². The molecule has 0 fully saturated rings. The van der Waals surface area contributed by atoms with E-state index in [1.54, 1.807) is 24.3 Å². The fourth-order valence-electron chi connectivity index (χ4n) is 2.89. The molecule has 3 rings (SSSR count). The molecule has 0 aliphatic heterocycles. The molecule has 0 radical (unpaired) electrons. The van der Waals surface area contributed by atoms with Gasteiger partial charge in [0.2, 0.25) is 0 Å². The van der Waals surface area contributed by atoms with Crippen LogP contribution in [0.4, 0.5) is 5.69 Å². The number of amides is 1. The predicted octanol–water partition coefficient (Wildman–Crippen LogP) is 1.80. The van der Waals surface area contributed by atoms with Crippen LogP contribution in [0.1, 0.15) is 21.6 Å². The molecule has 0 atom stereocenters. The Morgan fingerprint density at radius 3 is 2.59 bits per heavy atom. The van der Waals surface area contributed by atoms with Gasteiger partial charge in [-0.25, -0.2) is 9.48 Å². The average molecular weight is 395 g/mol. The lowest BCUT2D eigenvalue weighted by Gasteiger charge is -2.11. The Kier molecular flexibility index (Phi) is 6.04. The Labute approximate surface area is 166 Å². The number of aliphatic hydroxyl groups excluding tert-OH is 1. The molecule has 8 nitrogen and oxygen atoms in total. The van der Waals surface area contributed by atoms with Gasteiger partial charge in [0.1, 0.15) is 0 Å². The van der Waals surface area contributed by atoms with Crippen LogP contribution in [-0.2, 0) is 16.1 Å². The summed E-state index contributed by atoms with van der Waals surface area (Å²) in [6.45, 7) is 2.91. The third kappa shape index (κ3) is 4.49. The molecule has 0 saturated heterocycles. The third-order valence-corrected chi connectivity index (χ3v) is 4.37. The van der Waals surface area contributed by atoms with E-state index >= 15 is 0 Å². The monoisotopic (exact) mass is 395 g/mol. The summed E-state index contributed by atoms with van der Waals surface area (Å²) in [5, 5.41) is 16.5. The van der Waals surface area contributed by atoms with Gasteiger partial charge in [0.05, 0.1) is 18.5 Å². The molecule has 3 aromatic rings. The zero-order valence-electron chi connectivity index (χ0n) is 16.1. The fraction of sp³-hybridized carbons (Fsp3) is 0.238. The van der Waals surface area contributed by atoms with Gasteiger partial charge in [-0.15, -0.1) is 0 Å². The molecule has 1 heterocycles. The second kappa shape index (κ2) is 8.66. The molecule has 150 valence electrons. The quantitative estimate of drug-likeness (QED) is 0.616. The van der Waals surface area contributed by atoms with E-state index in [-0.39, 0.29) is 24.2 Å². The SMILES string of the molecule is Cc1ccc(C)c(NC(=O)COC(=O)c2nn(CCO)c(=O)c3ccccc23)c1. The van der Waals surface area contributed by atoms with Crippen molar-refractivity contribution in [1.82, 2.24) is 9.78 Å². The first-order chi connectivity index (χ1) is 13.9. The van der Waals surface area contributed by atoms with Crippen molar-refractivity contribution < 1.29 is 19.4 Å². The van der Waals surface area contributed by atoms with Crippen molar-refractivity contribution >= 4 is 28.3 Å². The van der Waals surface area contributed by atoms with Crippen LogP contribution in [0, 0.1) is 13.8 Å². The lowest BCUT2D eigenvalue weighted by molar-refractivity contribution is -0.119. The maximum absolute atomic E-state index is 12.6. The van der Waals surface area contributed by atoms with Crippen LogP contribution in [0.5, 0.6) is 0 Å². The number of ether oxygens (including phenoxy) is 1. The Bertz CT molecular complexity index is 1140. The Balaban J connectivity index is 1.79. The molecule has 29 heavy (non-hydrogen) atoms. The third-order valence-electron chi connectivity index (χ3n) is 4.37. The lowest BCUT2D eigenvalue weighted by atomic mass is 10.1. The van der Waals surface area contributed by atoms with Crippen molar-refractivity contribution in [3.63, 3.8) is 0 Å². The number of aliphatic hydroxyl groups is 1. The van der Waals surface area contributed by atoms with Gasteiger partial charge in [-0.1, -0.05) is 30.3 Å². The zero-order chi connectivity index (χ0) is 21.0. The van der Waals surface area contributed by atoms with Crippen LogP contribution in [0.3, 0.4) is 0 Å². The summed E-state index contributed by atoms with van der Waals surface area (Å²) in [5.41, 5.74) is 2.02. The van der Waals surface area contributed by atoms with Gasteiger partial charge in [0.15, 0.2) is 12.3 Å². The van der Waals surface area contributed by atoms with E-state index in [1.165, 1.54) is 0 Å². The van der Waals surface area contributed by atoms with Gasteiger partial charge in [0.25, 0.3) is 11.5 Å². The number of aromatic nitrogens is 2. The summed E-state index contributed by atoms with van der Waals surface area (Å²) in [5.74, 6) is -1.32. The van der Waals surface area contributed by atoms with Gasteiger partial charge in [-0.05, 0) is 37.1 Å². The number of hydrogen-bond acceptors (Lipinski definition) is 6. The number of benzene rings is 2. The number of hydrogen-bond donors (Lipinski definition) is 2. The van der Waals surface area contributed by atoms with Crippen molar-refractivity contribution in [1.29, 1.82) is 0 Å². The molecule has 0 spiro atoms. The van der Waals surface area contributed by atoms with E-state index in [0.29, 0.717) is 11.1 Å². The van der Waals surface area contributed by atoms with Crippen LogP contribution in [0.2, 0.25) is 0 Å². The predicted molar refractivity (Wildman–Crippen MR) is 108 cm³/mol. The van der Waals surface area contributed by atoms with E-state index in [0.717, 1.165) is 15.8 Å². The van der Waals surface area contributed by atoms with Gasteiger partial charge >= 0.3 is 5.97 Å². The van der Waals surface area contributed by atoms with Crippen LogP contribution in [-0.4, -0.2) is 40.0 Å². The Morgan fingerprint density at radius 2 is 1.86 bits per heavy atom. The largest absolute Gasteiger partial charge is 0.451 e. The number of esters is 1. The highest BCUT2D eigenvalue weighted by atomic mass is 16.5. The van der Waals surface area contributed by atoms with Gasteiger partial charge < -0.3 is 15.2 Å². The summed E-state index contributed by atoms with van der Waals surface area (Å²) < 4.78 is 6.13. The standard InChI is InChI=1S/C21H21N3O5/c1-13-7-8-14(2)17(11-13)22-18(26)12-29-21(28)19-15-5-3-4-6-16(15)20(27)24(23-19)9-10-25/h3-8,11,25H,9-10,12H2,1-2H3,(H,22,26). The lowest BCUT2D eigenvalue weighted by Crippen LogP contribution is -2.28. The van der Waals surface area contributed by atoms with Gasteiger partial charge in [0, 0.05) is 11.1 Å². The summed E-state index contributed by atoms with van der Waals surface area (Å²) in [6.07, 6.45) is 0. The highest BCUT2D eigenvalue weighted by molar-refractivity contribution is 6.03. The molecule has 0 unspecified atom stereocenters. The molecule has 1 amide bonds. The highest BCUT2D eigenvalue weighted by Crippen LogP contribution is 2.17. The van der Waals surface area contributed by atoms with E-state index in [2.05, 4.69) is 10.4 Å². The maximum atomic E-state index is 12.6. The maximum Gasteiger partial charge on any atom is 0.359 e. The number of carbonyl (C=O) groups is 2. The number of fused-ring (bicyclic) bond motifs is 1. The smallest absolute Gasteiger partial charge is 0.359 e. The minimum atomic E-state index is -0.830. The molecule has 0 saturated carbocycles. The molecular formula is C21H21N3O5. The average Bonchev–Trinajstić information content (AvgIpc) is 2.71. The fourth-order valence-corrected chi connectivity index (χ4v) is 2.89. The number of nitrogens with one attached hydrogen (secondary N) is 1. The summed E-state index contributed by atoms with van der Waals surface area (Å²) in [6, 6.07) is 12.1. The first-order valence-corrected chi connectivity index (χ1v) is 9.05. The van der Waals surface area contributed by atoms with E-state index < -0.39 is 24.0 Å². The van der Waals surface area contributed by atoms with Gasteiger partial charge in [-0.3, -0.25) is 9.59 Å². The van der Waals surface area contributed by atoms with Crippen molar-refractivity contribution in [2.75, 3.05) is 18.5 Å². The number of rotatable bonds is 6. The van der Waals surface area contributed by atoms with Crippen LogP contribution in [0.25, 0.3) is 10.8 Å². The molecule has 0 bridgehead atoms. The number of aryl methyl sites for hydroxylation is 2. The highest BCUT2D eigenvalue weighted by Gasteiger charge is 2.19. The molecule has 8 heteroatoms. The summed E-state index contributed by atoms with van der Waals surface area (Å²) in [7, 11) is 0. The van der Waals surface area contributed by atoms with Crippen molar-refractivity contribution in [3.8, 4) is 0 Å². The molecule has 0 aliphatic carbocycles. The van der Waals surface area contributed by atoms with E-state index in [9.17, 15) is 14.4 Å². The van der Waals surface area contributed by atoms with Crippen LogP contribution < -0.4 is 10.9 Å². The van der Waals surface area contributed by atoms with Crippen LogP contribution >= 0.6 is 0 Å². The van der Waals surface area contributed by atoms with Crippen molar-refractivity contribution in [2.24, 2.45) is 0 Å². The first kappa shape index (κ1) is 20.2. The van der Waals surface area contributed by atoms with E-state index in [4.69, 9.17) is 9.84 Å². The Hall–Kier alpha value is -3.52. The summed E-state index contributed by atoms with van der Waals surface area (Å²) in [4.78, 5) is 37.2. The van der Waals surface area contributed by atoms with Crippen molar-refractivity contribution in [2.45, 2.75) is 20.4 Å². The second-order valence-electron chi connectivity index (χ2n) is 6.59. The van der Waals surface area contributed by atoms with Crippen molar-refractivity contribution in [3.05, 3.63) is 69.6 Å². The van der Waals surface area contributed by atoms with E-state index in [1.807, 2.05) is 32.0 Å². The minimum absolute atomic E-state index is 0.0585. The minimum Gasteiger partial charge on any atom is -0.451 e. The normalized spacial score (nSPS) is 10.7. The first-order valence-electron chi connectivity index (χ1n) is 9.05. The number of nitrogens with zero attached hydrogens (tertiary/aromatic N) is 2. The molecular weight excluding hydrogens is 374 g/mol. The summed E-state index contributed by atoms with van der Waals surface area (Å²) >= 11 is 0. The molecule has 0 aliphatic rings. The second-order valence-corrected chi connectivity index (χ2v) is 6.59. The molecule has 2 aromatic carbocycles. The van der Waals surface area contributed by atoms with Gasteiger partial charge in [-0.2, -0.15) is 5.10 Å². The zero-order valence-corrected chi connectivity index (χ0v) is 16.1. The number of carbonyl (C=O) groups excluding carboxylic acids is 2. The number of anilines is 1. The molecule has 1 aromatic heterocycles. The molecule has 2 N–H and O–H groups in total.